The van der Waals surface area contributed by atoms with E-state index in [0.717, 1.165) is 12.8 Å². The Morgan fingerprint density at radius 2 is 2.06 bits per heavy atom. The first kappa shape index (κ1) is 13.1. The molecule has 0 bridgehead atoms. The summed E-state index contributed by atoms with van der Waals surface area (Å²) in [6.45, 7) is 3.80. The van der Waals surface area contributed by atoms with Gasteiger partial charge in [-0.2, -0.15) is 0 Å². The number of rotatable bonds is 3. The largest absolute Gasteiger partial charge is 0.481 e. The summed E-state index contributed by atoms with van der Waals surface area (Å²) in [5.41, 5.74) is -0.631. The fraction of sp³-hybridized carbons (Fsp3) is 0.769. The van der Waals surface area contributed by atoms with Gasteiger partial charge < -0.3 is 5.11 Å². The number of nitrogens with zero attached hydrogens (tertiary/aromatic N) is 1. The third-order valence-electron chi connectivity index (χ3n) is 4.11. The number of carbonyl (C=O) groups excluding carboxylic acids is 2. The van der Waals surface area contributed by atoms with Gasteiger partial charge in [-0.1, -0.05) is 20.3 Å². The molecule has 2 aliphatic rings. The van der Waals surface area contributed by atoms with E-state index >= 15 is 0 Å². The summed E-state index contributed by atoms with van der Waals surface area (Å²) in [6, 6.07) is 0. The molecule has 2 amide bonds. The van der Waals surface area contributed by atoms with Crippen LogP contribution in [-0.4, -0.2) is 34.3 Å². The first-order valence-corrected chi connectivity index (χ1v) is 6.40. The van der Waals surface area contributed by atoms with Crippen LogP contribution in [0.1, 0.15) is 39.5 Å². The monoisotopic (exact) mass is 253 g/mol. The summed E-state index contributed by atoms with van der Waals surface area (Å²) in [4.78, 5) is 36.2. The van der Waals surface area contributed by atoms with Gasteiger partial charge in [0.15, 0.2) is 0 Å². The molecule has 2 atom stereocenters. The van der Waals surface area contributed by atoms with Crippen molar-refractivity contribution in [2.45, 2.75) is 39.5 Å². The van der Waals surface area contributed by atoms with Gasteiger partial charge in [-0.05, 0) is 18.8 Å². The Balaban J connectivity index is 2.08. The lowest BCUT2D eigenvalue weighted by molar-refractivity contribution is -0.147. The Bertz CT molecular complexity index is 402. The van der Waals surface area contributed by atoms with E-state index in [-0.39, 0.29) is 30.7 Å². The molecule has 0 radical (unpaired) electrons. The molecule has 1 saturated carbocycles. The van der Waals surface area contributed by atoms with Crippen molar-refractivity contribution >= 4 is 17.8 Å². The van der Waals surface area contributed by atoms with Gasteiger partial charge in [0.05, 0.1) is 11.3 Å². The summed E-state index contributed by atoms with van der Waals surface area (Å²) in [6.07, 6.45) is 2.53. The Labute approximate surface area is 106 Å². The molecule has 5 nitrogen and oxygen atoms in total. The number of likely N-dealkylation sites (tertiary alicyclic amines) is 1. The number of aliphatic carboxylic acids is 1. The van der Waals surface area contributed by atoms with Crippen LogP contribution in [0.2, 0.25) is 0 Å². The second-order valence-electron chi connectivity index (χ2n) is 6.01. The van der Waals surface area contributed by atoms with E-state index in [0.29, 0.717) is 6.42 Å². The van der Waals surface area contributed by atoms with Gasteiger partial charge in [0.1, 0.15) is 0 Å². The van der Waals surface area contributed by atoms with Crippen molar-refractivity contribution in [3.05, 3.63) is 0 Å². The smallest absolute Gasteiger partial charge is 0.306 e. The topological polar surface area (TPSA) is 74.7 Å². The lowest BCUT2D eigenvalue weighted by Gasteiger charge is -2.23. The van der Waals surface area contributed by atoms with Crippen molar-refractivity contribution in [1.82, 2.24) is 4.90 Å². The van der Waals surface area contributed by atoms with Gasteiger partial charge in [0.25, 0.3) is 0 Å². The summed E-state index contributed by atoms with van der Waals surface area (Å²) in [7, 11) is 0. The molecular weight excluding hydrogens is 234 g/mol. The molecule has 1 N–H and O–H groups in total. The van der Waals surface area contributed by atoms with Crippen LogP contribution in [0.4, 0.5) is 0 Å². The number of carboxylic acids is 1. The fourth-order valence-corrected chi connectivity index (χ4v) is 3.03. The normalized spacial score (nSPS) is 31.1. The third kappa shape index (κ3) is 2.13. The van der Waals surface area contributed by atoms with Gasteiger partial charge in [0.2, 0.25) is 11.8 Å². The molecule has 0 aromatic rings. The Morgan fingerprint density at radius 1 is 1.39 bits per heavy atom. The zero-order valence-corrected chi connectivity index (χ0v) is 10.8. The first-order chi connectivity index (χ1) is 8.33. The zero-order valence-electron chi connectivity index (χ0n) is 10.8. The van der Waals surface area contributed by atoms with Crippen LogP contribution in [0.15, 0.2) is 0 Å². The van der Waals surface area contributed by atoms with E-state index in [1.54, 1.807) is 13.8 Å². The van der Waals surface area contributed by atoms with E-state index in [9.17, 15) is 14.4 Å². The molecule has 2 unspecified atom stereocenters. The van der Waals surface area contributed by atoms with Gasteiger partial charge in [-0.25, -0.2) is 0 Å². The molecule has 2 rings (SSSR count). The Morgan fingerprint density at radius 3 is 2.56 bits per heavy atom. The maximum absolute atomic E-state index is 12.1. The van der Waals surface area contributed by atoms with Crippen molar-refractivity contribution in [3.63, 3.8) is 0 Å². The summed E-state index contributed by atoms with van der Waals surface area (Å²) < 4.78 is 0. The maximum atomic E-state index is 12.1. The number of carboxylic acid groups (broad SMARTS) is 1. The lowest BCUT2D eigenvalue weighted by Crippen LogP contribution is -2.38. The summed E-state index contributed by atoms with van der Waals surface area (Å²) in [5, 5.41) is 9.10. The van der Waals surface area contributed by atoms with Gasteiger partial charge in [-0.15, -0.1) is 0 Å². The van der Waals surface area contributed by atoms with Crippen molar-refractivity contribution in [1.29, 1.82) is 0 Å². The van der Waals surface area contributed by atoms with Crippen LogP contribution >= 0.6 is 0 Å². The van der Waals surface area contributed by atoms with Gasteiger partial charge >= 0.3 is 5.97 Å². The molecule has 0 aromatic carbocycles. The van der Waals surface area contributed by atoms with Crippen LogP contribution < -0.4 is 0 Å². The van der Waals surface area contributed by atoms with Crippen LogP contribution in [0, 0.1) is 17.3 Å². The second kappa shape index (κ2) is 4.37. The molecule has 1 aliphatic heterocycles. The maximum Gasteiger partial charge on any atom is 0.306 e. The van der Waals surface area contributed by atoms with Crippen molar-refractivity contribution in [2.75, 3.05) is 6.54 Å². The highest BCUT2D eigenvalue weighted by Crippen LogP contribution is 2.37. The highest BCUT2D eigenvalue weighted by Gasteiger charge is 2.46. The average Bonchev–Trinajstić information content (AvgIpc) is 2.78. The number of hydrogen-bond acceptors (Lipinski definition) is 3. The molecule has 18 heavy (non-hydrogen) atoms. The van der Waals surface area contributed by atoms with Crippen LogP contribution in [0.3, 0.4) is 0 Å². The Hall–Kier alpha value is -1.39. The first-order valence-electron chi connectivity index (χ1n) is 6.40. The Kier molecular flexibility index (Phi) is 3.17. The molecule has 1 heterocycles. The molecular formula is C13H19NO4. The average molecular weight is 253 g/mol. The van der Waals surface area contributed by atoms with Gasteiger partial charge in [-0.3, -0.25) is 19.3 Å². The second-order valence-corrected chi connectivity index (χ2v) is 6.01. The van der Waals surface area contributed by atoms with E-state index in [1.165, 1.54) is 4.90 Å². The number of hydrogen-bond donors (Lipinski definition) is 1. The minimum Gasteiger partial charge on any atom is -0.481 e. The SMILES string of the molecule is CC1(C)CC(=O)N(CC2CCCC2C(=O)O)C1=O. The molecule has 100 valence electrons. The molecule has 0 aromatic heterocycles. The number of amides is 2. The highest BCUT2D eigenvalue weighted by atomic mass is 16.4. The summed E-state index contributed by atoms with van der Waals surface area (Å²) in [5.74, 6) is -1.63. The van der Waals surface area contributed by atoms with E-state index in [1.807, 2.05) is 0 Å². The fourth-order valence-electron chi connectivity index (χ4n) is 3.03. The van der Waals surface area contributed by atoms with E-state index in [4.69, 9.17) is 5.11 Å². The number of carbonyl (C=O) groups is 3. The molecule has 0 spiro atoms. The van der Waals surface area contributed by atoms with Crippen LogP contribution in [0.5, 0.6) is 0 Å². The predicted octanol–water partition coefficient (Wildman–Crippen LogP) is 1.27. The van der Waals surface area contributed by atoms with Gasteiger partial charge in [0, 0.05) is 13.0 Å². The zero-order chi connectivity index (χ0) is 13.5. The van der Waals surface area contributed by atoms with E-state index in [2.05, 4.69) is 0 Å². The minimum absolute atomic E-state index is 0.0794. The molecule has 1 saturated heterocycles. The third-order valence-corrected chi connectivity index (χ3v) is 4.11. The lowest BCUT2D eigenvalue weighted by atomic mass is 9.91. The van der Waals surface area contributed by atoms with Crippen LogP contribution in [0.25, 0.3) is 0 Å². The summed E-state index contributed by atoms with van der Waals surface area (Å²) >= 11 is 0. The van der Waals surface area contributed by atoms with Crippen molar-refractivity contribution in [2.24, 2.45) is 17.3 Å². The molecule has 2 fully saturated rings. The minimum atomic E-state index is -0.809. The molecule has 1 aliphatic carbocycles. The van der Waals surface area contributed by atoms with Crippen LogP contribution in [-0.2, 0) is 14.4 Å². The standard InChI is InChI=1S/C13H19NO4/c1-13(2)6-10(15)14(12(13)18)7-8-4-3-5-9(8)11(16)17/h8-9H,3-7H2,1-2H3,(H,16,17). The molecule has 5 heteroatoms. The number of imide groups is 1. The van der Waals surface area contributed by atoms with Crippen molar-refractivity contribution < 1.29 is 19.5 Å². The highest BCUT2D eigenvalue weighted by molar-refractivity contribution is 6.05. The van der Waals surface area contributed by atoms with Crippen molar-refractivity contribution in [3.8, 4) is 0 Å². The predicted molar refractivity (Wildman–Crippen MR) is 63.6 cm³/mol. The van der Waals surface area contributed by atoms with E-state index < -0.39 is 17.3 Å². The quantitative estimate of drug-likeness (QED) is 0.769.